The lowest BCUT2D eigenvalue weighted by molar-refractivity contribution is -0.127. The molecular formula is C30H30ClN5O3. The van der Waals surface area contributed by atoms with E-state index in [0.29, 0.717) is 32.9 Å². The zero-order valence-corrected chi connectivity index (χ0v) is 22.5. The minimum Gasteiger partial charge on any atom is -0.351 e. The van der Waals surface area contributed by atoms with Crippen molar-refractivity contribution in [2.75, 3.05) is 4.90 Å². The van der Waals surface area contributed by atoms with E-state index < -0.39 is 6.04 Å². The summed E-state index contributed by atoms with van der Waals surface area (Å²) in [6.45, 7) is 1.36. The Hall–Kier alpha value is -4.04. The van der Waals surface area contributed by atoms with Crippen LogP contribution in [-0.2, 0) is 16.1 Å². The van der Waals surface area contributed by atoms with Gasteiger partial charge in [0.25, 0.3) is 0 Å². The second-order valence-electron chi connectivity index (χ2n) is 9.90. The van der Waals surface area contributed by atoms with Gasteiger partial charge in [0.05, 0.1) is 5.52 Å². The Kier molecular flexibility index (Phi) is 8.02. The molecule has 4 aromatic rings. The molecule has 3 aromatic carbocycles. The van der Waals surface area contributed by atoms with Crippen LogP contribution in [-0.4, -0.2) is 38.6 Å². The molecule has 2 amide bonds. The van der Waals surface area contributed by atoms with Crippen LogP contribution >= 0.6 is 11.6 Å². The van der Waals surface area contributed by atoms with Crippen LogP contribution in [0.3, 0.4) is 0 Å². The van der Waals surface area contributed by atoms with Crippen LogP contribution in [0.1, 0.15) is 61.0 Å². The van der Waals surface area contributed by atoms with Crippen molar-refractivity contribution in [3.05, 3.63) is 88.9 Å². The minimum atomic E-state index is -0.963. The van der Waals surface area contributed by atoms with E-state index in [2.05, 4.69) is 15.6 Å². The Morgan fingerprint density at radius 3 is 2.36 bits per heavy atom. The summed E-state index contributed by atoms with van der Waals surface area (Å²) in [5.74, 6) is -0.700. The number of ketones is 1. The van der Waals surface area contributed by atoms with Crippen molar-refractivity contribution < 1.29 is 14.4 Å². The molecule has 1 saturated carbocycles. The topological polar surface area (TPSA) is 97.2 Å². The number of rotatable bonds is 8. The number of fused-ring (bicyclic) bond motifs is 1. The highest BCUT2D eigenvalue weighted by atomic mass is 35.5. The van der Waals surface area contributed by atoms with Gasteiger partial charge in [-0.25, -0.2) is 4.68 Å². The maximum atomic E-state index is 14.1. The molecule has 1 aliphatic carbocycles. The Balaban J connectivity index is 1.57. The SMILES string of the molecule is CC(=O)c1ccc(N(C(=O)Cn2nnc3ccccc32)[C@H](C(=O)NC2CCCCC2)c2ccc(Cl)cc2)cc1. The lowest BCUT2D eigenvalue weighted by Gasteiger charge is -2.33. The second kappa shape index (κ2) is 11.8. The number of halogens is 1. The van der Waals surface area contributed by atoms with Gasteiger partial charge in [-0.1, -0.05) is 60.3 Å². The molecule has 1 atom stereocenters. The van der Waals surface area contributed by atoms with Crippen molar-refractivity contribution in [1.29, 1.82) is 0 Å². The number of hydrogen-bond acceptors (Lipinski definition) is 5. The van der Waals surface area contributed by atoms with Gasteiger partial charge in [0.2, 0.25) is 11.8 Å². The van der Waals surface area contributed by atoms with Gasteiger partial charge in [-0.2, -0.15) is 0 Å². The summed E-state index contributed by atoms with van der Waals surface area (Å²) in [6.07, 6.45) is 5.10. The molecule has 1 N–H and O–H groups in total. The number of carbonyl (C=O) groups excluding carboxylic acids is 3. The van der Waals surface area contributed by atoms with Crippen molar-refractivity contribution in [3.8, 4) is 0 Å². The number of nitrogens with zero attached hydrogens (tertiary/aromatic N) is 4. The van der Waals surface area contributed by atoms with Crippen LogP contribution in [0.4, 0.5) is 5.69 Å². The lowest BCUT2D eigenvalue weighted by Crippen LogP contribution is -2.48. The number of carbonyl (C=O) groups is 3. The predicted octanol–water partition coefficient (Wildman–Crippen LogP) is 5.51. The third-order valence-corrected chi connectivity index (χ3v) is 7.42. The lowest BCUT2D eigenvalue weighted by atomic mass is 9.94. The van der Waals surface area contributed by atoms with Gasteiger partial charge < -0.3 is 5.32 Å². The van der Waals surface area contributed by atoms with E-state index in [1.54, 1.807) is 48.5 Å². The normalized spacial score (nSPS) is 14.6. The smallest absolute Gasteiger partial charge is 0.249 e. The predicted molar refractivity (Wildman–Crippen MR) is 151 cm³/mol. The van der Waals surface area contributed by atoms with Crippen LogP contribution in [0.25, 0.3) is 11.0 Å². The molecule has 1 fully saturated rings. The monoisotopic (exact) mass is 543 g/mol. The molecule has 1 heterocycles. The van der Waals surface area contributed by atoms with Gasteiger partial charge in [0.1, 0.15) is 18.1 Å². The van der Waals surface area contributed by atoms with Crippen molar-refractivity contribution in [3.63, 3.8) is 0 Å². The molecule has 0 radical (unpaired) electrons. The summed E-state index contributed by atoms with van der Waals surface area (Å²) in [4.78, 5) is 41.5. The molecular weight excluding hydrogens is 514 g/mol. The van der Waals surface area contributed by atoms with E-state index in [-0.39, 0.29) is 30.2 Å². The van der Waals surface area contributed by atoms with Crippen LogP contribution < -0.4 is 10.2 Å². The van der Waals surface area contributed by atoms with E-state index in [0.717, 1.165) is 32.1 Å². The fraction of sp³-hybridized carbons (Fsp3) is 0.300. The Bertz CT molecular complexity index is 1480. The summed E-state index contributed by atoms with van der Waals surface area (Å²) < 4.78 is 1.53. The molecule has 8 nitrogen and oxygen atoms in total. The van der Waals surface area contributed by atoms with Gasteiger partial charge >= 0.3 is 0 Å². The maximum Gasteiger partial charge on any atom is 0.249 e. The largest absolute Gasteiger partial charge is 0.351 e. The zero-order valence-electron chi connectivity index (χ0n) is 21.7. The summed E-state index contributed by atoms with van der Waals surface area (Å²) in [6, 6.07) is 20.2. The number of Topliss-reactive ketones (excluding diaryl/α,β-unsaturated/α-hetero) is 1. The first-order chi connectivity index (χ1) is 18.9. The summed E-state index contributed by atoms with van der Waals surface area (Å²) in [5, 5.41) is 12.1. The summed E-state index contributed by atoms with van der Waals surface area (Å²) in [5.41, 5.74) is 3.02. The second-order valence-corrected chi connectivity index (χ2v) is 10.3. The number of hydrogen-bond donors (Lipinski definition) is 1. The fourth-order valence-electron chi connectivity index (χ4n) is 5.12. The molecule has 9 heteroatoms. The average Bonchev–Trinajstić information content (AvgIpc) is 3.35. The first-order valence-electron chi connectivity index (χ1n) is 13.2. The average molecular weight is 544 g/mol. The zero-order chi connectivity index (χ0) is 27.4. The molecule has 0 aliphatic heterocycles. The van der Waals surface area contributed by atoms with Crippen molar-refractivity contribution in [2.45, 2.75) is 57.7 Å². The molecule has 39 heavy (non-hydrogen) atoms. The third kappa shape index (κ3) is 6.01. The number of amides is 2. The standard InChI is InChI=1S/C30H30ClN5O3/c1-20(37)21-13-17-25(18-14-21)36(28(38)19-35-27-10-6-5-9-26(27)33-34-35)29(22-11-15-23(31)16-12-22)30(39)32-24-7-3-2-4-8-24/h5-6,9-18,24,29H,2-4,7-8,19H2,1H3,(H,32,39)/t29-/m0/s1. The highest BCUT2D eigenvalue weighted by Crippen LogP contribution is 2.31. The Morgan fingerprint density at radius 1 is 0.974 bits per heavy atom. The van der Waals surface area contributed by atoms with Gasteiger partial charge in [0, 0.05) is 22.3 Å². The van der Waals surface area contributed by atoms with Gasteiger partial charge in [-0.3, -0.25) is 19.3 Å². The van der Waals surface area contributed by atoms with Gasteiger partial charge in [0.15, 0.2) is 5.78 Å². The van der Waals surface area contributed by atoms with E-state index >= 15 is 0 Å². The molecule has 5 rings (SSSR count). The van der Waals surface area contributed by atoms with Crippen LogP contribution in [0, 0.1) is 0 Å². The van der Waals surface area contributed by atoms with E-state index in [9.17, 15) is 14.4 Å². The number of nitrogens with one attached hydrogen (secondary N) is 1. The van der Waals surface area contributed by atoms with Gasteiger partial charge in [-0.15, -0.1) is 5.10 Å². The molecule has 200 valence electrons. The highest BCUT2D eigenvalue weighted by molar-refractivity contribution is 6.30. The maximum absolute atomic E-state index is 14.1. The van der Waals surface area contributed by atoms with Crippen molar-refractivity contribution in [1.82, 2.24) is 20.3 Å². The van der Waals surface area contributed by atoms with Gasteiger partial charge in [-0.05, 0) is 73.9 Å². The molecule has 0 bridgehead atoms. The fourth-order valence-corrected chi connectivity index (χ4v) is 5.25. The highest BCUT2D eigenvalue weighted by Gasteiger charge is 2.34. The number of aromatic nitrogens is 3. The van der Waals surface area contributed by atoms with E-state index in [1.165, 1.54) is 16.5 Å². The summed E-state index contributed by atoms with van der Waals surface area (Å²) in [7, 11) is 0. The summed E-state index contributed by atoms with van der Waals surface area (Å²) >= 11 is 6.18. The van der Waals surface area contributed by atoms with Crippen LogP contribution in [0.5, 0.6) is 0 Å². The number of anilines is 1. The quantitative estimate of drug-likeness (QED) is 0.295. The number of benzene rings is 3. The van der Waals surface area contributed by atoms with Crippen molar-refractivity contribution in [2.24, 2.45) is 0 Å². The Labute approximate surface area is 231 Å². The van der Waals surface area contributed by atoms with E-state index in [1.807, 2.05) is 24.3 Å². The molecule has 0 unspecified atom stereocenters. The molecule has 1 aromatic heterocycles. The minimum absolute atomic E-state index is 0.0531. The first kappa shape index (κ1) is 26.6. The molecule has 0 saturated heterocycles. The van der Waals surface area contributed by atoms with Crippen LogP contribution in [0.15, 0.2) is 72.8 Å². The molecule has 1 aliphatic rings. The third-order valence-electron chi connectivity index (χ3n) is 7.17. The Morgan fingerprint density at radius 2 is 1.67 bits per heavy atom. The number of para-hydroxylation sites is 1. The first-order valence-corrected chi connectivity index (χ1v) is 13.6. The van der Waals surface area contributed by atoms with Crippen LogP contribution in [0.2, 0.25) is 5.02 Å². The molecule has 0 spiro atoms. The van der Waals surface area contributed by atoms with Crippen molar-refractivity contribution >= 4 is 45.9 Å². The van der Waals surface area contributed by atoms with E-state index in [4.69, 9.17) is 11.6 Å².